The summed E-state index contributed by atoms with van der Waals surface area (Å²) in [6.45, 7) is 1.02. The molecule has 0 aliphatic carbocycles. The fourth-order valence-corrected chi connectivity index (χ4v) is 1.46. The lowest BCUT2D eigenvalue weighted by Crippen LogP contribution is -2.50. The molecule has 0 aromatic carbocycles. The van der Waals surface area contributed by atoms with E-state index in [0.717, 1.165) is 0 Å². The number of rotatable bonds is 3. The van der Waals surface area contributed by atoms with Crippen molar-refractivity contribution in [1.29, 1.82) is 0 Å². The lowest BCUT2D eigenvalue weighted by atomic mass is 9.95. The largest absolute Gasteiger partial charge is 0.465 e. The summed E-state index contributed by atoms with van der Waals surface area (Å²) < 4.78 is 0. The van der Waals surface area contributed by atoms with Crippen LogP contribution in [0.4, 0.5) is 4.79 Å². The van der Waals surface area contributed by atoms with Crippen LogP contribution in [-0.4, -0.2) is 40.3 Å². The fourth-order valence-electron chi connectivity index (χ4n) is 1.23. The Morgan fingerprint density at radius 1 is 1.50 bits per heavy atom. The molecule has 1 heterocycles. The van der Waals surface area contributed by atoms with Crippen molar-refractivity contribution in [2.45, 2.75) is 6.42 Å². The standard InChI is InChI=1S/C7H10BrNO3/c8-2-6(10)1-5-3-9(4-5)7(11)12/h5H,1-4H2,(H,11,12). The molecule has 0 saturated carbocycles. The molecule has 0 spiro atoms. The number of carbonyl (C=O) groups is 2. The molecule has 0 aromatic rings. The number of carbonyl (C=O) groups excluding carboxylic acids is 1. The van der Waals surface area contributed by atoms with Gasteiger partial charge in [0.2, 0.25) is 0 Å². The van der Waals surface area contributed by atoms with Gasteiger partial charge in [-0.15, -0.1) is 0 Å². The van der Waals surface area contributed by atoms with Crippen molar-refractivity contribution in [2.75, 3.05) is 18.4 Å². The zero-order valence-electron chi connectivity index (χ0n) is 6.49. The third-order valence-corrected chi connectivity index (χ3v) is 2.52. The molecule has 5 heteroatoms. The summed E-state index contributed by atoms with van der Waals surface area (Å²) in [5.41, 5.74) is 0. The van der Waals surface area contributed by atoms with E-state index in [1.165, 1.54) is 4.90 Å². The highest BCUT2D eigenvalue weighted by Gasteiger charge is 2.31. The number of Topliss-reactive ketones (excluding diaryl/α,β-unsaturated/α-hetero) is 1. The minimum atomic E-state index is -0.891. The van der Waals surface area contributed by atoms with Crippen LogP contribution in [-0.2, 0) is 4.79 Å². The van der Waals surface area contributed by atoms with Gasteiger partial charge in [0.1, 0.15) is 5.78 Å². The maximum atomic E-state index is 10.9. The van der Waals surface area contributed by atoms with E-state index in [1.807, 2.05) is 0 Å². The number of halogens is 1. The van der Waals surface area contributed by atoms with Crippen molar-refractivity contribution in [1.82, 2.24) is 4.90 Å². The van der Waals surface area contributed by atoms with E-state index in [1.54, 1.807) is 0 Å². The fraction of sp³-hybridized carbons (Fsp3) is 0.714. The van der Waals surface area contributed by atoms with Crippen molar-refractivity contribution in [3.05, 3.63) is 0 Å². The smallest absolute Gasteiger partial charge is 0.407 e. The van der Waals surface area contributed by atoms with Gasteiger partial charge in [-0.3, -0.25) is 4.79 Å². The third-order valence-electron chi connectivity index (χ3n) is 1.89. The van der Waals surface area contributed by atoms with Gasteiger partial charge in [-0.2, -0.15) is 0 Å². The Morgan fingerprint density at radius 2 is 2.08 bits per heavy atom. The van der Waals surface area contributed by atoms with E-state index < -0.39 is 6.09 Å². The molecule has 12 heavy (non-hydrogen) atoms. The Bertz CT molecular complexity index is 201. The average Bonchev–Trinajstić information content (AvgIpc) is 1.94. The number of ketones is 1. The number of amides is 1. The molecule has 1 rings (SSSR count). The molecule has 0 unspecified atom stereocenters. The van der Waals surface area contributed by atoms with Crippen LogP contribution in [0, 0.1) is 5.92 Å². The number of nitrogens with zero attached hydrogens (tertiary/aromatic N) is 1. The van der Waals surface area contributed by atoms with Gasteiger partial charge in [0.25, 0.3) is 0 Å². The van der Waals surface area contributed by atoms with Crippen LogP contribution >= 0.6 is 15.9 Å². The molecule has 68 valence electrons. The van der Waals surface area contributed by atoms with E-state index in [9.17, 15) is 9.59 Å². The quantitative estimate of drug-likeness (QED) is 0.742. The predicted octanol–water partition coefficient (Wildman–Crippen LogP) is 0.950. The maximum Gasteiger partial charge on any atom is 0.407 e. The molecule has 1 aliphatic heterocycles. The molecule has 1 amide bonds. The number of likely N-dealkylation sites (tertiary alicyclic amines) is 1. The number of carboxylic acid groups (broad SMARTS) is 1. The van der Waals surface area contributed by atoms with Crippen molar-refractivity contribution in [3.8, 4) is 0 Å². The second-order valence-corrected chi connectivity index (χ2v) is 3.49. The van der Waals surface area contributed by atoms with Gasteiger partial charge < -0.3 is 10.0 Å². The van der Waals surface area contributed by atoms with Crippen LogP contribution in [0.3, 0.4) is 0 Å². The Hall–Kier alpha value is -0.580. The Balaban J connectivity index is 2.17. The van der Waals surface area contributed by atoms with Crippen LogP contribution in [0.2, 0.25) is 0 Å². The summed E-state index contributed by atoms with van der Waals surface area (Å²) in [7, 11) is 0. The van der Waals surface area contributed by atoms with Gasteiger partial charge >= 0.3 is 6.09 Å². The Morgan fingerprint density at radius 3 is 2.50 bits per heavy atom. The summed E-state index contributed by atoms with van der Waals surface area (Å²) in [6.07, 6.45) is -0.396. The minimum absolute atomic E-state index is 0.144. The molecule has 0 aromatic heterocycles. The van der Waals surface area contributed by atoms with Gasteiger partial charge in [0, 0.05) is 25.4 Å². The highest BCUT2D eigenvalue weighted by molar-refractivity contribution is 9.09. The van der Waals surface area contributed by atoms with Crippen LogP contribution in [0.25, 0.3) is 0 Å². The van der Waals surface area contributed by atoms with Crippen molar-refractivity contribution >= 4 is 27.8 Å². The lowest BCUT2D eigenvalue weighted by molar-refractivity contribution is -0.118. The highest BCUT2D eigenvalue weighted by Crippen LogP contribution is 2.19. The van der Waals surface area contributed by atoms with E-state index in [0.29, 0.717) is 24.8 Å². The first-order valence-corrected chi connectivity index (χ1v) is 4.81. The summed E-state index contributed by atoms with van der Waals surface area (Å²) in [5.74, 6) is 0.385. The molecule has 1 aliphatic rings. The molecular weight excluding hydrogens is 226 g/mol. The van der Waals surface area contributed by atoms with Gasteiger partial charge in [-0.05, 0) is 0 Å². The number of hydrogen-bond acceptors (Lipinski definition) is 2. The molecule has 1 fully saturated rings. The van der Waals surface area contributed by atoms with Gasteiger partial charge in [-0.1, -0.05) is 15.9 Å². The zero-order valence-corrected chi connectivity index (χ0v) is 8.08. The van der Waals surface area contributed by atoms with Crippen LogP contribution in [0.15, 0.2) is 0 Å². The molecule has 1 saturated heterocycles. The minimum Gasteiger partial charge on any atom is -0.465 e. The Labute approximate surface area is 78.7 Å². The first-order valence-electron chi connectivity index (χ1n) is 3.69. The van der Waals surface area contributed by atoms with Crippen molar-refractivity contribution < 1.29 is 14.7 Å². The van der Waals surface area contributed by atoms with E-state index in [-0.39, 0.29) is 11.7 Å². The number of alkyl halides is 1. The third kappa shape index (κ3) is 2.20. The summed E-state index contributed by atoms with van der Waals surface area (Å²) in [4.78, 5) is 22.5. The molecule has 4 nitrogen and oxygen atoms in total. The van der Waals surface area contributed by atoms with E-state index >= 15 is 0 Å². The van der Waals surface area contributed by atoms with Gasteiger partial charge in [0.15, 0.2) is 0 Å². The highest BCUT2D eigenvalue weighted by atomic mass is 79.9. The molecular formula is C7H10BrNO3. The lowest BCUT2D eigenvalue weighted by Gasteiger charge is -2.36. The summed E-state index contributed by atoms with van der Waals surface area (Å²) in [6, 6.07) is 0. The normalized spacial score (nSPS) is 17.2. The van der Waals surface area contributed by atoms with Crippen molar-refractivity contribution in [3.63, 3.8) is 0 Å². The molecule has 0 bridgehead atoms. The second kappa shape index (κ2) is 3.89. The van der Waals surface area contributed by atoms with Gasteiger partial charge in [-0.25, -0.2) is 4.79 Å². The summed E-state index contributed by atoms with van der Waals surface area (Å²) in [5, 5.41) is 8.85. The van der Waals surface area contributed by atoms with E-state index in [4.69, 9.17) is 5.11 Å². The second-order valence-electron chi connectivity index (χ2n) is 2.93. The van der Waals surface area contributed by atoms with Crippen LogP contribution in [0.5, 0.6) is 0 Å². The van der Waals surface area contributed by atoms with Gasteiger partial charge in [0.05, 0.1) is 5.33 Å². The monoisotopic (exact) mass is 235 g/mol. The molecule has 0 radical (unpaired) electrons. The molecule has 0 atom stereocenters. The first kappa shape index (κ1) is 9.51. The zero-order chi connectivity index (χ0) is 9.14. The van der Waals surface area contributed by atoms with Crippen LogP contribution < -0.4 is 0 Å². The number of hydrogen-bond donors (Lipinski definition) is 1. The topological polar surface area (TPSA) is 57.6 Å². The van der Waals surface area contributed by atoms with Crippen molar-refractivity contribution in [2.24, 2.45) is 5.92 Å². The first-order chi connectivity index (χ1) is 5.63. The Kier molecular flexibility index (Phi) is 3.08. The maximum absolute atomic E-state index is 10.9. The molecule has 1 N–H and O–H groups in total. The predicted molar refractivity (Wildman–Crippen MR) is 46.5 cm³/mol. The SMILES string of the molecule is O=C(CBr)CC1CN(C(=O)O)C1. The summed E-state index contributed by atoms with van der Waals surface area (Å²) >= 11 is 3.06. The van der Waals surface area contributed by atoms with Crippen LogP contribution in [0.1, 0.15) is 6.42 Å². The average molecular weight is 236 g/mol. The van der Waals surface area contributed by atoms with E-state index in [2.05, 4.69) is 15.9 Å².